The predicted molar refractivity (Wildman–Crippen MR) is 87.2 cm³/mol. The third-order valence-corrected chi connectivity index (χ3v) is 4.07. The minimum atomic E-state index is -0.836. The lowest BCUT2D eigenvalue weighted by molar-refractivity contribution is -0.154. The maximum Gasteiger partial charge on any atom is 0.319 e. The molecule has 0 aliphatic rings. The van der Waals surface area contributed by atoms with E-state index in [1.54, 1.807) is 33.1 Å². The highest BCUT2D eigenvalue weighted by atomic mass is 35.5. The number of hydrogen-bond donors (Lipinski definition) is 1. The molecule has 1 aromatic carbocycles. The van der Waals surface area contributed by atoms with Crippen LogP contribution in [0.5, 0.6) is 0 Å². The quantitative estimate of drug-likeness (QED) is 0.445. The highest BCUT2D eigenvalue weighted by Gasteiger charge is 2.22. The second-order valence-corrected chi connectivity index (χ2v) is 6.43. The molecule has 0 saturated heterocycles. The van der Waals surface area contributed by atoms with Crippen molar-refractivity contribution in [3.63, 3.8) is 0 Å². The fraction of sp³-hybridized carbons (Fsp3) is 0.467. The van der Waals surface area contributed by atoms with Crippen LogP contribution in [0.1, 0.15) is 13.8 Å². The summed E-state index contributed by atoms with van der Waals surface area (Å²) < 4.78 is 9.99. The van der Waals surface area contributed by atoms with Crippen molar-refractivity contribution < 1.29 is 19.1 Å². The molecule has 0 unspecified atom stereocenters. The second kappa shape index (κ2) is 9.71. The lowest BCUT2D eigenvalue weighted by atomic mass is 10.3. The Morgan fingerprint density at radius 3 is 2.50 bits per heavy atom. The van der Waals surface area contributed by atoms with Crippen molar-refractivity contribution in [2.45, 2.75) is 30.1 Å². The molecule has 0 aliphatic carbocycles. The average molecular weight is 346 g/mol. The summed E-state index contributed by atoms with van der Waals surface area (Å²) in [5.41, 5.74) is 0. The highest BCUT2D eigenvalue weighted by molar-refractivity contribution is 8.00. The maximum atomic E-state index is 12.0. The minimum absolute atomic E-state index is 0.339. The molecule has 7 heteroatoms. The average Bonchev–Trinajstić information content (AvgIpc) is 2.49. The number of hydrogen-bond acceptors (Lipinski definition) is 5. The van der Waals surface area contributed by atoms with Gasteiger partial charge in [-0.1, -0.05) is 11.6 Å². The molecule has 2 atom stereocenters. The van der Waals surface area contributed by atoms with Crippen LogP contribution >= 0.6 is 23.4 Å². The van der Waals surface area contributed by atoms with E-state index in [9.17, 15) is 9.59 Å². The van der Waals surface area contributed by atoms with E-state index in [2.05, 4.69) is 5.32 Å². The molecule has 1 aromatic rings. The molecule has 0 bridgehead atoms. The normalized spacial score (nSPS) is 13.3. The molecular weight excluding hydrogens is 326 g/mol. The Morgan fingerprint density at radius 1 is 1.27 bits per heavy atom. The molecule has 5 nitrogen and oxygen atoms in total. The van der Waals surface area contributed by atoms with Crippen molar-refractivity contribution in [2.75, 3.05) is 20.3 Å². The van der Waals surface area contributed by atoms with Gasteiger partial charge in [0.05, 0.1) is 6.61 Å². The molecule has 0 aromatic heterocycles. The van der Waals surface area contributed by atoms with Crippen LogP contribution in [-0.2, 0) is 19.1 Å². The molecule has 122 valence electrons. The third kappa shape index (κ3) is 6.68. The van der Waals surface area contributed by atoms with Gasteiger partial charge in [-0.2, -0.15) is 0 Å². The summed E-state index contributed by atoms with van der Waals surface area (Å²) in [5.74, 6) is -0.775. The summed E-state index contributed by atoms with van der Waals surface area (Å²) >= 11 is 7.16. The van der Waals surface area contributed by atoms with Crippen molar-refractivity contribution in [3.05, 3.63) is 29.3 Å². The Kier molecular flexibility index (Phi) is 8.30. The Labute approximate surface area is 139 Å². The number of thioether (sulfide) groups is 1. The molecule has 0 spiro atoms. The third-order valence-electron chi connectivity index (χ3n) is 2.73. The molecule has 1 rings (SSSR count). The molecule has 1 N–H and O–H groups in total. The monoisotopic (exact) mass is 345 g/mol. The highest BCUT2D eigenvalue weighted by Crippen LogP contribution is 2.25. The van der Waals surface area contributed by atoms with Gasteiger partial charge in [0.1, 0.15) is 5.25 Å². The number of carbonyl (C=O) groups excluding carboxylic acids is 2. The Bertz CT molecular complexity index is 495. The van der Waals surface area contributed by atoms with Gasteiger partial charge in [0.15, 0.2) is 6.10 Å². The number of benzene rings is 1. The van der Waals surface area contributed by atoms with Crippen molar-refractivity contribution in [1.29, 1.82) is 0 Å². The van der Waals surface area contributed by atoms with Gasteiger partial charge in [-0.15, -0.1) is 11.8 Å². The largest absolute Gasteiger partial charge is 0.452 e. The fourth-order valence-corrected chi connectivity index (χ4v) is 2.49. The van der Waals surface area contributed by atoms with Crippen LogP contribution in [-0.4, -0.2) is 43.5 Å². The second-order valence-electron chi connectivity index (χ2n) is 4.58. The number of amides is 1. The summed E-state index contributed by atoms with van der Waals surface area (Å²) in [6.07, 6.45) is -0.836. The van der Waals surface area contributed by atoms with Gasteiger partial charge in [0, 0.05) is 23.6 Å². The van der Waals surface area contributed by atoms with Crippen molar-refractivity contribution >= 4 is 35.2 Å². The fourth-order valence-electron chi connectivity index (χ4n) is 1.51. The van der Waals surface area contributed by atoms with Crippen molar-refractivity contribution in [3.8, 4) is 0 Å². The summed E-state index contributed by atoms with van der Waals surface area (Å²) in [6.45, 7) is 4.07. The molecule has 22 heavy (non-hydrogen) atoms. The summed E-state index contributed by atoms with van der Waals surface area (Å²) in [5, 5.41) is 2.84. The van der Waals surface area contributed by atoms with E-state index >= 15 is 0 Å². The van der Waals surface area contributed by atoms with Gasteiger partial charge in [0.2, 0.25) is 0 Å². The zero-order valence-corrected chi connectivity index (χ0v) is 14.4. The topological polar surface area (TPSA) is 64.6 Å². The van der Waals surface area contributed by atoms with E-state index in [0.29, 0.717) is 18.2 Å². The van der Waals surface area contributed by atoms with Gasteiger partial charge in [-0.05, 0) is 38.1 Å². The van der Waals surface area contributed by atoms with E-state index in [0.717, 1.165) is 4.90 Å². The number of methoxy groups -OCH3 is 1. The van der Waals surface area contributed by atoms with Gasteiger partial charge in [-0.3, -0.25) is 9.59 Å². The molecule has 0 saturated carbocycles. The number of ether oxygens (including phenoxy) is 2. The van der Waals surface area contributed by atoms with E-state index in [1.807, 2.05) is 12.1 Å². The number of halogens is 1. The summed E-state index contributed by atoms with van der Waals surface area (Å²) in [6, 6.07) is 7.18. The molecule has 1 amide bonds. The first kappa shape index (κ1) is 18.8. The van der Waals surface area contributed by atoms with Gasteiger partial charge in [0.25, 0.3) is 5.91 Å². The van der Waals surface area contributed by atoms with Crippen LogP contribution in [0.4, 0.5) is 0 Å². The SMILES string of the molecule is COCCNC(=O)[C@@H](C)OC(=O)[C@@H](C)Sc1ccc(Cl)cc1. The number of carbonyl (C=O) groups is 2. The molecule has 0 radical (unpaired) electrons. The molecule has 0 fully saturated rings. The van der Waals surface area contributed by atoms with E-state index in [-0.39, 0.29) is 5.91 Å². The van der Waals surface area contributed by atoms with Crippen LogP contribution in [0.2, 0.25) is 5.02 Å². The first-order chi connectivity index (χ1) is 10.4. The first-order valence-electron chi connectivity index (χ1n) is 6.83. The lowest BCUT2D eigenvalue weighted by Crippen LogP contribution is -2.38. The van der Waals surface area contributed by atoms with Gasteiger partial charge < -0.3 is 14.8 Å². The summed E-state index contributed by atoms with van der Waals surface area (Å²) in [4.78, 5) is 24.6. The van der Waals surface area contributed by atoms with Crippen LogP contribution in [0.15, 0.2) is 29.2 Å². The number of nitrogens with one attached hydrogen (secondary N) is 1. The number of esters is 1. The van der Waals surface area contributed by atoms with Gasteiger partial charge in [-0.25, -0.2) is 0 Å². The van der Waals surface area contributed by atoms with Crippen LogP contribution in [0.3, 0.4) is 0 Å². The molecule has 0 heterocycles. The van der Waals surface area contributed by atoms with Crippen LogP contribution in [0, 0.1) is 0 Å². The van der Waals surface area contributed by atoms with E-state index in [4.69, 9.17) is 21.1 Å². The smallest absolute Gasteiger partial charge is 0.319 e. The van der Waals surface area contributed by atoms with Crippen molar-refractivity contribution in [1.82, 2.24) is 5.32 Å². The minimum Gasteiger partial charge on any atom is -0.452 e. The van der Waals surface area contributed by atoms with E-state index < -0.39 is 17.3 Å². The van der Waals surface area contributed by atoms with Crippen molar-refractivity contribution in [2.24, 2.45) is 0 Å². The maximum absolute atomic E-state index is 12.0. The molecular formula is C15H20ClNO4S. The standard InChI is InChI=1S/C15H20ClNO4S/c1-10(14(18)17-8-9-20-3)21-15(19)11(2)22-13-6-4-12(16)5-7-13/h4-7,10-11H,8-9H2,1-3H3,(H,17,18)/t10-,11-/m1/s1. The Morgan fingerprint density at radius 2 is 1.91 bits per heavy atom. The zero-order chi connectivity index (χ0) is 16.5. The molecule has 0 aliphatic heterocycles. The van der Waals surface area contributed by atoms with E-state index in [1.165, 1.54) is 11.8 Å². The van der Waals surface area contributed by atoms with Crippen LogP contribution in [0.25, 0.3) is 0 Å². The predicted octanol–water partition coefficient (Wildman–Crippen LogP) is 2.51. The summed E-state index contributed by atoms with van der Waals surface area (Å²) in [7, 11) is 1.55. The first-order valence-corrected chi connectivity index (χ1v) is 8.09. The Hall–Kier alpha value is -1.24. The van der Waals surface area contributed by atoms with Crippen LogP contribution < -0.4 is 5.32 Å². The zero-order valence-electron chi connectivity index (χ0n) is 12.8. The lowest BCUT2D eigenvalue weighted by Gasteiger charge is -2.16. The number of rotatable bonds is 8. The van der Waals surface area contributed by atoms with Gasteiger partial charge >= 0.3 is 5.97 Å². The Balaban J connectivity index is 2.42.